The van der Waals surface area contributed by atoms with Gasteiger partial charge in [-0.3, -0.25) is 9.59 Å². The summed E-state index contributed by atoms with van der Waals surface area (Å²) in [7, 11) is 0. The molecule has 0 aliphatic heterocycles. The molecule has 0 radical (unpaired) electrons. The van der Waals surface area contributed by atoms with Crippen LogP contribution >= 0.6 is 27.5 Å². The first-order valence-corrected chi connectivity index (χ1v) is 8.12. The summed E-state index contributed by atoms with van der Waals surface area (Å²) >= 11 is 9.11. The van der Waals surface area contributed by atoms with E-state index in [1.807, 2.05) is 0 Å². The first kappa shape index (κ1) is 17.5. The number of ether oxygens (including phenoxy) is 2. The molecule has 0 spiro atoms. The Morgan fingerprint density at radius 2 is 1.52 bits per heavy atom. The first-order chi connectivity index (χ1) is 11.0. The average molecular weight is 398 g/mol. The fraction of sp³-hybridized carbons (Fsp3) is 0.176. The molecule has 0 aromatic heterocycles. The predicted octanol–water partition coefficient (Wildman–Crippen LogP) is 4.78. The fourth-order valence-corrected chi connectivity index (χ4v) is 2.22. The van der Waals surface area contributed by atoms with E-state index in [1.54, 1.807) is 48.5 Å². The third kappa shape index (κ3) is 6.42. The van der Waals surface area contributed by atoms with Gasteiger partial charge in [0.2, 0.25) is 0 Å². The lowest BCUT2D eigenvalue weighted by atomic mass is 10.2. The highest BCUT2D eigenvalue weighted by Crippen LogP contribution is 2.19. The van der Waals surface area contributed by atoms with Crippen molar-refractivity contribution >= 4 is 39.5 Å². The van der Waals surface area contributed by atoms with Crippen molar-refractivity contribution in [2.24, 2.45) is 0 Å². The minimum atomic E-state index is -0.413. The van der Waals surface area contributed by atoms with Crippen molar-refractivity contribution in [3.63, 3.8) is 0 Å². The molecule has 0 bridgehead atoms. The minimum absolute atomic E-state index is 0.127. The molecule has 0 heterocycles. The number of esters is 2. The molecule has 0 fully saturated rings. The Balaban J connectivity index is 1.70. The normalized spacial score (nSPS) is 10.2. The van der Waals surface area contributed by atoms with Gasteiger partial charge >= 0.3 is 11.9 Å². The van der Waals surface area contributed by atoms with E-state index in [0.717, 1.165) is 4.47 Å². The monoisotopic (exact) mass is 396 g/mol. The number of carbonyl (C=O) groups excluding carboxylic acids is 2. The van der Waals surface area contributed by atoms with Crippen molar-refractivity contribution in [3.8, 4) is 11.5 Å². The van der Waals surface area contributed by atoms with Gasteiger partial charge in [-0.15, -0.1) is 0 Å². The van der Waals surface area contributed by atoms with Crippen molar-refractivity contribution in [3.05, 3.63) is 58.0 Å². The molecule has 6 heteroatoms. The van der Waals surface area contributed by atoms with E-state index in [1.165, 1.54) is 0 Å². The van der Waals surface area contributed by atoms with Gasteiger partial charge in [0.1, 0.15) is 11.5 Å². The van der Waals surface area contributed by atoms with E-state index >= 15 is 0 Å². The molecule has 23 heavy (non-hydrogen) atoms. The second-order valence-corrected chi connectivity index (χ2v) is 6.07. The highest BCUT2D eigenvalue weighted by Gasteiger charge is 2.09. The Kier molecular flexibility index (Phi) is 6.62. The lowest BCUT2D eigenvalue weighted by molar-refractivity contribution is -0.136. The summed E-state index contributed by atoms with van der Waals surface area (Å²) in [4.78, 5) is 23.4. The van der Waals surface area contributed by atoms with E-state index in [0.29, 0.717) is 22.9 Å². The number of benzene rings is 2. The molecule has 0 aliphatic rings. The molecule has 0 unspecified atom stereocenters. The van der Waals surface area contributed by atoms with Gasteiger partial charge in [-0.25, -0.2) is 0 Å². The van der Waals surface area contributed by atoms with E-state index < -0.39 is 5.97 Å². The number of rotatable bonds is 6. The molecule has 2 aromatic carbocycles. The first-order valence-electron chi connectivity index (χ1n) is 6.95. The predicted molar refractivity (Wildman–Crippen MR) is 90.7 cm³/mol. The van der Waals surface area contributed by atoms with Gasteiger partial charge in [0.05, 0.1) is 0 Å². The lowest BCUT2D eigenvalue weighted by Crippen LogP contribution is -2.11. The van der Waals surface area contributed by atoms with E-state index in [4.69, 9.17) is 21.1 Å². The molecule has 2 rings (SSSR count). The average Bonchev–Trinajstić information content (AvgIpc) is 2.49. The molecular formula is C17H14BrClO4. The van der Waals surface area contributed by atoms with Crippen LogP contribution in [0.25, 0.3) is 0 Å². The molecule has 120 valence electrons. The largest absolute Gasteiger partial charge is 0.427 e. The Labute approximate surface area is 147 Å². The molecule has 0 amide bonds. The number of hydrogen-bond donors (Lipinski definition) is 0. The van der Waals surface area contributed by atoms with Crippen molar-refractivity contribution < 1.29 is 19.1 Å². The maximum atomic E-state index is 11.7. The summed E-state index contributed by atoms with van der Waals surface area (Å²) in [5, 5.41) is 0.494. The summed E-state index contributed by atoms with van der Waals surface area (Å²) in [5.41, 5.74) is 0. The van der Waals surface area contributed by atoms with Crippen molar-refractivity contribution in [2.45, 2.75) is 19.3 Å². The quantitative estimate of drug-likeness (QED) is 0.520. The number of hydrogen-bond acceptors (Lipinski definition) is 4. The SMILES string of the molecule is O=C(CCCC(=O)Oc1cccc(Cl)c1)Oc1ccc(Br)cc1. The Hall–Kier alpha value is -1.85. The Morgan fingerprint density at radius 1 is 0.913 bits per heavy atom. The minimum Gasteiger partial charge on any atom is -0.427 e. The van der Waals surface area contributed by atoms with E-state index in [2.05, 4.69) is 15.9 Å². The van der Waals surface area contributed by atoms with Crippen LogP contribution in [-0.2, 0) is 9.59 Å². The third-order valence-electron chi connectivity index (χ3n) is 2.83. The van der Waals surface area contributed by atoms with Crippen LogP contribution in [-0.4, -0.2) is 11.9 Å². The van der Waals surface area contributed by atoms with Gasteiger partial charge in [0.25, 0.3) is 0 Å². The summed E-state index contributed by atoms with van der Waals surface area (Å²) < 4.78 is 11.2. The topological polar surface area (TPSA) is 52.6 Å². The van der Waals surface area contributed by atoms with Gasteiger partial charge in [-0.05, 0) is 48.9 Å². The fourth-order valence-electron chi connectivity index (χ4n) is 1.78. The number of carbonyl (C=O) groups is 2. The summed E-state index contributed by atoms with van der Waals surface area (Å²) in [6.45, 7) is 0. The summed E-state index contributed by atoms with van der Waals surface area (Å²) in [6, 6.07) is 13.5. The Bertz CT molecular complexity index is 685. The second-order valence-electron chi connectivity index (χ2n) is 4.71. The van der Waals surface area contributed by atoms with E-state index in [-0.39, 0.29) is 18.8 Å². The molecule has 4 nitrogen and oxygen atoms in total. The number of halogens is 2. The van der Waals surface area contributed by atoms with Crippen LogP contribution in [0.1, 0.15) is 19.3 Å². The van der Waals surface area contributed by atoms with Crippen LogP contribution in [0.4, 0.5) is 0 Å². The van der Waals surface area contributed by atoms with Crippen LogP contribution < -0.4 is 9.47 Å². The van der Waals surface area contributed by atoms with Crippen molar-refractivity contribution in [2.75, 3.05) is 0 Å². The van der Waals surface area contributed by atoms with Crippen LogP contribution in [0.15, 0.2) is 53.0 Å². The van der Waals surface area contributed by atoms with Crippen LogP contribution in [0, 0.1) is 0 Å². The maximum absolute atomic E-state index is 11.7. The molecule has 0 saturated heterocycles. The van der Waals surface area contributed by atoms with Crippen molar-refractivity contribution in [1.29, 1.82) is 0 Å². The molecule has 0 aliphatic carbocycles. The molecular weight excluding hydrogens is 384 g/mol. The van der Waals surface area contributed by atoms with Crippen LogP contribution in [0.3, 0.4) is 0 Å². The lowest BCUT2D eigenvalue weighted by Gasteiger charge is -2.05. The smallest absolute Gasteiger partial charge is 0.311 e. The van der Waals surface area contributed by atoms with Gasteiger partial charge in [-0.1, -0.05) is 33.6 Å². The van der Waals surface area contributed by atoms with Gasteiger partial charge in [-0.2, -0.15) is 0 Å². The Morgan fingerprint density at radius 3 is 2.13 bits per heavy atom. The van der Waals surface area contributed by atoms with Gasteiger partial charge in [0, 0.05) is 22.3 Å². The molecule has 2 aromatic rings. The van der Waals surface area contributed by atoms with Crippen molar-refractivity contribution in [1.82, 2.24) is 0 Å². The highest BCUT2D eigenvalue weighted by molar-refractivity contribution is 9.10. The summed E-state index contributed by atoms with van der Waals surface area (Å²) in [5.74, 6) is 0.0613. The maximum Gasteiger partial charge on any atom is 0.311 e. The molecule has 0 atom stereocenters. The zero-order valence-electron chi connectivity index (χ0n) is 12.1. The van der Waals surface area contributed by atoms with Crippen LogP contribution in [0.2, 0.25) is 5.02 Å². The van der Waals surface area contributed by atoms with Gasteiger partial charge in [0.15, 0.2) is 0 Å². The highest BCUT2D eigenvalue weighted by atomic mass is 79.9. The second kappa shape index (κ2) is 8.70. The zero-order valence-corrected chi connectivity index (χ0v) is 14.5. The van der Waals surface area contributed by atoms with Gasteiger partial charge < -0.3 is 9.47 Å². The molecule has 0 saturated carbocycles. The van der Waals surface area contributed by atoms with Crippen LogP contribution in [0.5, 0.6) is 11.5 Å². The zero-order chi connectivity index (χ0) is 16.7. The standard InChI is InChI=1S/C17H14BrClO4/c18-12-7-9-14(10-8-12)22-16(20)5-2-6-17(21)23-15-4-1-3-13(19)11-15/h1,3-4,7-11H,2,5-6H2. The third-order valence-corrected chi connectivity index (χ3v) is 3.60. The van der Waals surface area contributed by atoms with E-state index in [9.17, 15) is 9.59 Å². The molecule has 0 N–H and O–H groups in total. The summed E-state index contributed by atoms with van der Waals surface area (Å²) in [6.07, 6.45) is 0.622.